The zero-order chi connectivity index (χ0) is 11.8. The van der Waals surface area contributed by atoms with Gasteiger partial charge in [-0.1, -0.05) is 13.3 Å². The van der Waals surface area contributed by atoms with Crippen LogP contribution in [0.5, 0.6) is 0 Å². The first-order chi connectivity index (χ1) is 7.08. The molecule has 4 nitrogen and oxygen atoms in total. The molecule has 0 radical (unpaired) electrons. The van der Waals surface area contributed by atoms with Crippen molar-refractivity contribution >= 4 is 17.7 Å². The Bertz CT molecular complexity index is 190. The van der Waals surface area contributed by atoms with Crippen molar-refractivity contribution in [2.75, 3.05) is 19.1 Å². The van der Waals surface area contributed by atoms with Crippen LogP contribution in [0.25, 0.3) is 0 Å². The minimum absolute atomic E-state index is 0.0905. The van der Waals surface area contributed by atoms with Gasteiger partial charge in [0, 0.05) is 11.8 Å². The van der Waals surface area contributed by atoms with Gasteiger partial charge in [-0.15, -0.1) is 0 Å². The zero-order valence-corrected chi connectivity index (χ0v) is 10.9. The highest BCUT2D eigenvalue weighted by Gasteiger charge is 2.24. The average Bonchev–Trinajstić information content (AvgIpc) is 2.24. The second-order valence-electron chi connectivity index (χ2n) is 3.78. The van der Waals surface area contributed by atoms with Gasteiger partial charge in [0.25, 0.3) is 5.91 Å². The first kappa shape index (κ1) is 14.7. The van der Waals surface area contributed by atoms with E-state index in [9.17, 15) is 4.79 Å². The largest absolute Gasteiger partial charge is 0.293 e. The van der Waals surface area contributed by atoms with Crippen molar-refractivity contribution in [1.29, 1.82) is 0 Å². The molecule has 1 amide bonds. The van der Waals surface area contributed by atoms with Crippen molar-refractivity contribution in [3.8, 4) is 0 Å². The fourth-order valence-electron chi connectivity index (χ4n) is 1.56. The van der Waals surface area contributed by atoms with Gasteiger partial charge in [0.05, 0.1) is 6.04 Å². The van der Waals surface area contributed by atoms with Gasteiger partial charge < -0.3 is 0 Å². The topological polar surface area (TPSA) is 58.4 Å². The fraction of sp³-hybridized carbons (Fsp3) is 0.900. The smallest absolute Gasteiger partial charge is 0.251 e. The molecular formula is C10H23N3OS. The van der Waals surface area contributed by atoms with E-state index < -0.39 is 0 Å². The number of likely N-dealkylation sites (N-methyl/N-ethyl adjacent to an activating group) is 1. The SMILES string of the molecule is CCCC(C(=O)NN)N(C)C(C)CSC. The van der Waals surface area contributed by atoms with E-state index in [0.717, 1.165) is 18.6 Å². The van der Waals surface area contributed by atoms with Crippen molar-refractivity contribution < 1.29 is 4.79 Å². The molecule has 0 spiro atoms. The summed E-state index contributed by atoms with van der Waals surface area (Å²) in [7, 11) is 1.98. The molecule has 0 aromatic carbocycles. The molecule has 0 rings (SSSR count). The Morgan fingerprint density at radius 1 is 1.60 bits per heavy atom. The highest BCUT2D eigenvalue weighted by atomic mass is 32.2. The van der Waals surface area contributed by atoms with Gasteiger partial charge in [0.15, 0.2) is 0 Å². The third-order valence-corrected chi connectivity index (χ3v) is 3.42. The Labute approximate surface area is 96.9 Å². The van der Waals surface area contributed by atoms with E-state index in [2.05, 4.69) is 30.4 Å². The molecule has 0 aromatic heterocycles. The Morgan fingerprint density at radius 2 is 2.20 bits per heavy atom. The van der Waals surface area contributed by atoms with E-state index in [0.29, 0.717) is 6.04 Å². The highest BCUT2D eigenvalue weighted by molar-refractivity contribution is 7.98. The first-order valence-electron chi connectivity index (χ1n) is 5.29. The fourth-order valence-corrected chi connectivity index (χ4v) is 2.27. The lowest BCUT2D eigenvalue weighted by atomic mass is 10.1. The Balaban J connectivity index is 4.39. The van der Waals surface area contributed by atoms with E-state index in [1.54, 1.807) is 11.8 Å². The maximum absolute atomic E-state index is 11.6. The predicted octanol–water partition coefficient (Wildman–Crippen LogP) is 0.828. The van der Waals surface area contributed by atoms with Crippen LogP contribution in [0.15, 0.2) is 0 Å². The maximum Gasteiger partial charge on any atom is 0.251 e. The summed E-state index contributed by atoms with van der Waals surface area (Å²) >= 11 is 1.79. The van der Waals surface area contributed by atoms with E-state index >= 15 is 0 Å². The second kappa shape index (κ2) is 7.96. The third kappa shape index (κ3) is 4.86. The molecule has 2 atom stereocenters. The highest BCUT2D eigenvalue weighted by Crippen LogP contribution is 2.11. The second-order valence-corrected chi connectivity index (χ2v) is 4.69. The minimum atomic E-state index is -0.109. The molecule has 0 bridgehead atoms. The van der Waals surface area contributed by atoms with Crippen LogP contribution < -0.4 is 11.3 Å². The Kier molecular flexibility index (Phi) is 7.82. The van der Waals surface area contributed by atoms with Crippen LogP contribution >= 0.6 is 11.8 Å². The van der Waals surface area contributed by atoms with Crippen LogP contribution in [0.3, 0.4) is 0 Å². The van der Waals surface area contributed by atoms with E-state index in [1.807, 2.05) is 7.05 Å². The molecule has 5 heteroatoms. The van der Waals surface area contributed by atoms with Crippen molar-refractivity contribution in [2.45, 2.75) is 38.8 Å². The summed E-state index contributed by atoms with van der Waals surface area (Å²) in [6, 6.07) is 0.274. The third-order valence-electron chi connectivity index (χ3n) is 2.60. The van der Waals surface area contributed by atoms with Crippen LogP contribution in [-0.4, -0.2) is 41.9 Å². The molecule has 3 N–H and O–H groups in total. The van der Waals surface area contributed by atoms with Crippen molar-refractivity contribution in [2.24, 2.45) is 5.84 Å². The summed E-state index contributed by atoms with van der Waals surface area (Å²) in [5.41, 5.74) is 2.24. The molecule has 15 heavy (non-hydrogen) atoms. The van der Waals surface area contributed by atoms with Gasteiger partial charge in [-0.05, 0) is 26.6 Å². The van der Waals surface area contributed by atoms with Gasteiger partial charge in [-0.2, -0.15) is 11.8 Å². The van der Waals surface area contributed by atoms with Crippen molar-refractivity contribution in [3.63, 3.8) is 0 Å². The standard InChI is InChI=1S/C10H23N3OS/c1-5-6-9(10(14)12-11)13(3)8(2)7-15-4/h8-9H,5-7,11H2,1-4H3,(H,12,14). The number of nitrogens with one attached hydrogen (secondary N) is 1. The van der Waals surface area contributed by atoms with Gasteiger partial charge in [0.2, 0.25) is 0 Å². The van der Waals surface area contributed by atoms with Crippen LogP contribution in [0.2, 0.25) is 0 Å². The zero-order valence-electron chi connectivity index (χ0n) is 10.1. The van der Waals surface area contributed by atoms with Crippen LogP contribution in [0.4, 0.5) is 0 Å². The number of thioether (sulfide) groups is 1. The van der Waals surface area contributed by atoms with Crippen LogP contribution in [0, 0.1) is 0 Å². The quantitative estimate of drug-likeness (QED) is 0.388. The van der Waals surface area contributed by atoms with Gasteiger partial charge in [-0.3, -0.25) is 15.1 Å². The lowest BCUT2D eigenvalue weighted by Gasteiger charge is -2.31. The molecule has 2 unspecified atom stereocenters. The van der Waals surface area contributed by atoms with E-state index in [1.165, 1.54) is 0 Å². The maximum atomic E-state index is 11.6. The average molecular weight is 233 g/mol. The van der Waals surface area contributed by atoms with E-state index in [4.69, 9.17) is 5.84 Å². The molecule has 0 aliphatic heterocycles. The molecular weight excluding hydrogens is 210 g/mol. The molecule has 0 aromatic rings. The normalized spacial score (nSPS) is 15.1. The number of carbonyl (C=O) groups is 1. The first-order valence-corrected chi connectivity index (χ1v) is 6.69. The number of nitrogens with two attached hydrogens (primary N) is 1. The number of hydrogen-bond acceptors (Lipinski definition) is 4. The predicted molar refractivity (Wildman–Crippen MR) is 66.6 cm³/mol. The molecule has 0 fully saturated rings. The Morgan fingerprint density at radius 3 is 2.60 bits per heavy atom. The molecule has 0 aliphatic rings. The summed E-state index contributed by atoms with van der Waals surface area (Å²) in [4.78, 5) is 13.7. The molecule has 0 saturated heterocycles. The summed E-state index contributed by atoms with van der Waals surface area (Å²) in [5, 5.41) is 0. The molecule has 0 heterocycles. The summed E-state index contributed by atoms with van der Waals surface area (Å²) in [5.74, 6) is 6.12. The van der Waals surface area contributed by atoms with Gasteiger partial charge >= 0.3 is 0 Å². The number of nitrogens with zero attached hydrogens (tertiary/aromatic N) is 1. The minimum Gasteiger partial charge on any atom is -0.293 e. The molecule has 90 valence electrons. The number of hydrazine groups is 1. The van der Waals surface area contributed by atoms with Crippen molar-refractivity contribution in [1.82, 2.24) is 10.3 Å². The molecule has 0 saturated carbocycles. The van der Waals surface area contributed by atoms with Crippen molar-refractivity contribution in [3.05, 3.63) is 0 Å². The van der Waals surface area contributed by atoms with Crippen LogP contribution in [0.1, 0.15) is 26.7 Å². The lowest BCUT2D eigenvalue weighted by Crippen LogP contribution is -2.50. The summed E-state index contributed by atoms with van der Waals surface area (Å²) in [6.45, 7) is 4.20. The van der Waals surface area contributed by atoms with Gasteiger partial charge in [-0.25, -0.2) is 5.84 Å². The molecule has 0 aliphatic carbocycles. The summed E-state index contributed by atoms with van der Waals surface area (Å²) in [6.07, 6.45) is 3.90. The van der Waals surface area contributed by atoms with Gasteiger partial charge in [0.1, 0.15) is 0 Å². The Hall–Kier alpha value is -0.260. The van der Waals surface area contributed by atoms with E-state index in [-0.39, 0.29) is 11.9 Å². The lowest BCUT2D eigenvalue weighted by molar-refractivity contribution is -0.126. The number of carbonyl (C=O) groups excluding carboxylic acids is 1. The van der Waals surface area contributed by atoms with Crippen LogP contribution in [-0.2, 0) is 4.79 Å². The number of hydrogen-bond donors (Lipinski definition) is 2. The number of rotatable bonds is 7. The summed E-state index contributed by atoms with van der Waals surface area (Å²) < 4.78 is 0. The number of amides is 1. The monoisotopic (exact) mass is 233 g/mol.